The minimum Gasteiger partial charge on any atom is -0.303 e. The second-order valence-electron chi connectivity index (χ2n) is 3.90. The van der Waals surface area contributed by atoms with Crippen LogP contribution in [0.1, 0.15) is 52.4 Å². The summed E-state index contributed by atoms with van der Waals surface area (Å²) in [4.78, 5) is 21.2. The maximum absolute atomic E-state index is 11.2. The van der Waals surface area contributed by atoms with Crippen molar-refractivity contribution < 1.29 is 9.59 Å². The monoisotopic (exact) mass is 184 g/mol. The highest BCUT2D eigenvalue weighted by molar-refractivity contribution is 5.78. The Kier molecular flexibility index (Phi) is 7.56. The summed E-state index contributed by atoms with van der Waals surface area (Å²) in [6.45, 7) is 4.12. The minimum absolute atomic E-state index is 0.362. The molecule has 0 heterocycles. The Morgan fingerprint density at radius 1 is 1.23 bits per heavy atom. The van der Waals surface area contributed by atoms with Crippen LogP contribution in [0.3, 0.4) is 0 Å². The van der Waals surface area contributed by atoms with E-state index in [-0.39, 0.29) is 0 Å². The number of Topliss-reactive ketones (excluding diaryl/α,β-unsaturated/α-hetero) is 1. The lowest BCUT2D eigenvalue weighted by atomic mass is 10.0. The topological polar surface area (TPSA) is 34.1 Å². The average Bonchev–Trinajstić information content (AvgIpc) is 2.02. The number of aldehydes is 1. The van der Waals surface area contributed by atoms with E-state index in [0.717, 1.165) is 25.5 Å². The van der Waals surface area contributed by atoms with Gasteiger partial charge in [0, 0.05) is 19.3 Å². The second-order valence-corrected chi connectivity index (χ2v) is 3.90. The SMILES string of the molecule is CC(C)CC(=O)CCCCCC=O. The average molecular weight is 184 g/mol. The zero-order chi connectivity index (χ0) is 10.1. The van der Waals surface area contributed by atoms with Crippen molar-refractivity contribution in [3.8, 4) is 0 Å². The van der Waals surface area contributed by atoms with Gasteiger partial charge in [-0.05, 0) is 18.8 Å². The number of hydrogen-bond acceptors (Lipinski definition) is 2. The molecule has 0 bridgehead atoms. The van der Waals surface area contributed by atoms with Crippen molar-refractivity contribution in [2.75, 3.05) is 0 Å². The standard InChI is InChI=1S/C11H20O2/c1-10(2)9-11(13)7-5-3-4-6-8-12/h8,10H,3-7,9H2,1-2H3. The highest BCUT2D eigenvalue weighted by Gasteiger charge is 2.03. The first-order valence-corrected chi connectivity index (χ1v) is 5.12. The van der Waals surface area contributed by atoms with Gasteiger partial charge in [0.1, 0.15) is 12.1 Å². The molecule has 0 aromatic carbocycles. The van der Waals surface area contributed by atoms with E-state index < -0.39 is 0 Å². The van der Waals surface area contributed by atoms with Crippen molar-refractivity contribution in [1.29, 1.82) is 0 Å². The van der Waals surface area contributed by atoms with Gasteiger partial charge in [-0.15, -0.1) is 0 Å². The zero-order valence-corrected chi connectivity index (χ0v) is 8.71. The van der Waals surface area contributed by atoms with Crippen molar-refractivity contribution in [3.63, 3.8) is 0 Å². The summed E-state index contributed by atoms with van der Waals surface area (Å²) in [6.07, 6.45) is 5.85. The molecule has 0 saturated heterocycles. The number of rotatable bonds is 8. The molecule has 2 nitrogen and oxygen atoms in total. The Hall–Kier alpha value is -0.660. The molecule has 0 amide bonds. The van der Waals surface area contributed by atoms with Crippen molar-refractivity contribution in [2.45, 2.75) is 52.4 Å². The molecular weight excluding hydrogens is 164 g/mol. The van der Waals surface area contributed by atoms with Crippen LogP contribution in [0.5, 0.6) is 0 Å². The van der Waals surface area contributed by atoms with Gasteiger partial charge in [0.25, 0.3) is 0 Å². The van der Waals surface area contributed by atoms with Crippen LogP contribution in [0.2, 0.25) is 0 Å². The second kappa shape index (κ2) is 7.96. The number of carbonyl (C=O) groups excluding carboxylic acids is 2. The first-order valence-electron chi connectivity index (χ1n) is 5.12. The normalized spacial score (nSPS) is 10.4. The maximum atomic E-state index is 11.2. The van der Waals surface area contributed by atoms with Crippen molar-refractivity contribution >= 4 is 12.1 Å². The van der Waals surface area contributed by atoms with E-state index in [2.05, 4.69) is 13.8 Å². The predicted molar refractivity (Wildman–Crippen MR) is 53.6 cm³/mol. The van der Waals surface area contributed by atoms with Crippen LogP contribution in [-0.2, 0) is 9.59 Å². The maximum Gasteiger partial charge on any atom is 0.133 e. The predicted octanol–water partition coefficient (Wildman–Crippen LogP) is 2.75. The molecule has 0 rings (SSSR count). The fourth-order valence-electron chi connectivity index (χ4n) is 1.28. The molecule has 0 fully saturated rings. The summed E-state index contributed by atoms with van der Waals surface area (Å²) in [5, 5.41) is 0. The smallest absolute Gasteiger partial charge is 0.133 e. The van der Waals surface area contributed by atoms with E-state index in [1.165, 1.54) is 0 Å². The Bertz CT molecular complexity index is 150. The van der Waals surface area contributed by atoms with Gasteiger partial charge >= 0.3 is 0 Å². The molecule has 0 aromatic rings. The molecular formula is C11H20O2. The summed E-state index contributed by atoms with van der Waals surface area (Å²) in [6, 6.07) is 0. The third-order valence-corrected chi connectivity index (χ3v) is 1.91. The summed E-state index contributed by atoms with van der Waals surface area (Å²) < 4.78 is 0. The lowest BCUT2D eigenvalue weighted by molar-refractivity contribution is -0.119. The summed E-state index contributed by atoms with van der Waals surface area (Å²) in [5.41, 5.74) is 0. The summed E-state index contributed by atoms with van der Waals surface area (Å²) in [5.74, 6) is 0.837. The molecule has 0 atom stereocenters. The molecule has 13 heavy (non-hydrogen) atoms. The van der Waals surface area contributed by atoms with E-state index in [0.29, 0.717) is 31.0 Å². The molecule has 0 N–H and O–H groups in total. The van der Waals surface area contributed by atoms with Crippen LogP contribution in [-0.4, -0.2) is 12.1 Å². The van der Waals surface area contributed by atoms with Gasteiger partial charge in [0.05, 0.1) is 0 Å². The zero-order valence-electron chi connectivity index (χ0n) is 8.71. The lowest BCUT2D eigenvalue weighted by Crippen LogP contribution is -2.02. The molecule has 76 valence electrons. The largest absolute Gasteiger partial charge is 0.303 e. The van der Waals surface area contributed by atoms with E-state index in [1.54, 1.807) is 0 Å². The van der Waals surface area contributed by atoms with Crippen LogP contribution >= 0.6 is 0 Å². The van der Waals surface area contributed by atoms with E-state index in [1.807, 2.05) is 0 Å². The van der Waals surface area contributed by atoms with Crippen LogP contribution in [0.15, 0.2) is 0 Å². The molecule has 0 spiro atoms. The Morgan fingerprint density at radius 2 is 1.92 bits per heavy atom. The Labute approximate surface area is 80.7 Å². The highest BCUT2D eigenvalue weighted by atomic mass is 16.1. The quantitative estimate of drug-likeness (QED) is 0.429. The molecule has 0 unspecified atom stereocenters. The number of hydrogen-bond donors (Lipinski definition) is 0. The number of unbranched alkanes of at least 4 members (excludes halogenated alkanes) is 3. The summed E-state index contributed by atoms with van der Waals surface area (Å²) in [7, 11) is 0. The molecule has 0 aliphatic heterocycles. The number of ketones is 1. The lowest BCUT2D eigenvalue weighted by Gasteiger charge is -2.02. The van der Waals surface area contributed by atoms with Gasteiger partial charge in [0.15, 0.2) is 0 Å². The molecule has 0 radical (unpaired) electrons. The fraction of sp³-hybridized carbons (Fsp3) is 0.818. The van der Waals surface area contributed by atoms with E-state index in [9.17, 15) is 9.59 Å². The van der Waals surface area contributed by atoms with Crippen molar-refractivity contribution in [1.82, 2.24) is 0 Å². The van der Waals surface area contributed by atoms with Crippen molar-refractivity contribution in [2.24, 2.45) is 5.92 Å². The van der Waals surface area contributed by atoms with Gasteiger partial charge in [-0.25, -0.2) is 0 Å². The Morgan fingerprint density at radius 3 is 2.46 bits per heavy atom. The van der Waals surface area contributed by atoms with Crippen LogP contribution in [0, 0.1) is 5.92 Å². The van der Waals surface area contributed by atoms with Gasteiger partial charge in [-0.2, -0.15) is 0 Å². The molecule has 0 aliphatic rings. The molecule has 0 aromatic heterocycles. The first kappa shape index (κ1) is 12.3. The van der Waals surface area contributed by atoms with Gasteiger partial charge in [0.2, 0.25) is 0 Å². The first-order chi connectivity index (χ1) is 6.16. The molecule has 2 heteroatoms. The fourth-order valence-corrected chi connectivity index (χ4v) is 1.28. The molecule has 0 saturated carbocycles. The van der Waals surface area contributed by atoms with Crippen molar-refractivity contribution in [3.05, 3.63) is 0 Å². The molecule has 0 aliphatic carbocycles. The summed E-state index contributed by atoms with van der Waals surface area (Å²) >= 11 is 0. The van der Waals surface area contributed by atoms with E-state index in [4.69, 9.17) is 0 Å². The minimum atomic E-state index is 0.362. The van der Waals surface area contributed by atoms with Crippen LogP contribution in [0.25, 0.3) is 0 Å². The highest BCUT2D eigenvalue weighted by Crippen LogP contribution is 2.07. The van der Waals surface area contributed by atoms with Crippen LogP contribution < -0.4 is 0 Å². The van der Waals surface area contributed by atoms with Gasteiger partial charge in [-0.1, -0.05) is 20.3 Å². The van der Waals surface area contributed by atoms with Crippen LogP contribution in [0.4, 0.5) is 0 Å². The number of carbonyl (C=O) groups is 2. The van der Waals surface area contributed by atoms with Gasteiger partial charge in [-0.3, -0.25) is 4.79 Å². The van der Waals surface area contributed by atoms with E-state index >= 15 is 0 Å². The Balaban J connectivity index is 3.22. The third-order valence-electron chi connectivity index (χ3n) is 1.91. The van der Waals surface area contributed by atoms with Gasteiger partial charge < -0.3 is 4.79 Å². The third kappa shape index (κ3) is 9.25.